The van der Waals surface area contributed by atoms with Crippen LogP contribution in [0, 0.1) is 19.7 Å². The van der Waals surface area contributed by atoms with Crippen LogP contribution < -0.4 is 0 Å². The molecular weight excluding hydrogens is 349 g/mol. The minimum atomic E-state index is -0.251. The molecule has 3 aromatic carbocycles. The summed E-state index contributed by atoms with van der Waals surface area (Å²) in [6, 6.07) is 21.3. The van der Waals surface area contributed by atoms with Crippen LogP contribution in [0.25, 0.3) is 38.8 Å². The van der Waals surface area contributed by atoms with Crippen molar-refractivity contribution in [2.24, 2.45) is 0 Å². The zero-order valence-corrected chi connectivity index (χ0v) is 15.6. The van der Waals surface area contributed by atoms with E-state index in [1.165, 1.54) is 17.7 Å². The van der Waals surface area contributed by atoms with Gasteiger partial charge in [-0.05, 0) is 61.4 Å². The molecule has 2 aromatic heterocycles. The Morgan fingerprint density at radius 2 is 1.50 bits per heavy atom. The lowest BCUT2D eigenvalue weighted by molar-refractivity contribution is 0.627. The van der Waals surface area contributed by atoms with Crippen molar-refractivity contribution in [3.8, 4) is 16.8 Å². The van der Waals surface area contributed by atoms with Gasteiger partial charge < -0.3 is 0 Å². The van der Waals surface area contributed by atoms with Crippen LogP contribution in [-0.4, -0.2) is 14.5 Å². The first-order valence-corrected chi connectivity index (χ1v) is 9.21. The van der Waals surface area contributed by atoms with Gasteiger partial charge in [0.1, 0.15) is 17.2 Å². The maximum Gasteiger partial charge on any atom is 0.123 e. The fourth-order valence-electron chi connectivity index (χ4n) is 3.70. The molecule has 5 rings (SSSR count). The normalized spacial score (nSPS) is 11.4. The molecule has 0 amide bonds. The Hall–Kier alpha value is -3.53. The zero-order valence-electron chi connectivity index (χ0n) is 15.6. The first-order valence-electron chi connectivity index (χ1n) is 9.21. The lowest BCUT2D eigenvalue weighted by atomic mass is 10.0. The van der Waals surface area contributed by atoms with Crippen molar-refractivity contribution in [1.82, 2.24) is 14.5 Å². The predicted octanol–water partition coefficient (Wildman–Crippen LogP) is 6.00. The van der Waals surface area contributed by atoms with E-state index in [2.05, 4.69) is 57.9 Å². The van der Waals surface area contributed by atoms with E-state index in [1.807, 2.05) is 13.0 Å². The van der Waals surface area contributed by atoms with E-state index in [-0.39, 0.29) is 5.82 Å². The van der Waals surface area contributed by atoms with Crippen LogP contribution in [0.5, 0.6) is 0 Å². The number of halogens is 1. The fourth-order valence-corrected chi connectivity index (χ4v) is 3.70. The molecule has 28 heavy (non-hydrogen) atoms. The summed E-state index contributed by atoms with van der Waals surface area (Å²) in [6.07, 6.45) is 1.80. The number of aryl methyl sites for hydroxylation is 2. The number of hydrogen-bond acceptors (Lipinski definition) is 2. The summed E-state index contributed by atoms with van der Waals surface area (Å²) < 4.78 is 15.5. The third-order valence-electron chi connectivity index (χ3n) is 5.12. The number of rotatable bonds is 2. The molecule has 0 aliphatic carbocycles. The second kappa shape index (κ2) is 6.27. The van der Waals surface area contributed by atoms with Gasteiger partial charge in [0.2, 0.25) is 0 Å². The summed E-state index contributed by atoms with van der Waals surface area (Å²) >= 11 is 0. The summed E-state index contributed by atoms with van der Waals surface area (Å²) in [6.45, 7) is 4.04. The third-order valence-corrected chi connectivity index (χ3v) is 5.12. The first kappa shape index (κ1) is 16.6. The highest BCUT2D eigenvalue weighted by molar-refractivity contribution is 6.04. The molecule has 0 N–H and O–H groups in total. The number of aromatic nitrogens is 3. The van der Waals surface area contributed by atoms with Crippen LogP contribution in [0.1, 0.15) is 11.4 Å². The molecule has 0 fully saturated rings. The van der Waals surface area contributed by atoms with E-state index < -0.39 is 0 Å². The molecule has 0 atom stereocenters. The van der Waals surface area contributed by atoms with Gasteiger partial charge in [0.15, 0.2) is 0 Å². The molecule has 4 heteroatoms. The van der Waals surface area contributed by atoms with Crippen LogP contribution in [0.3, 0.4) is 0 Å². The van der Waals surface area contributed by atoms with Crippen molar-refractivity contribution in [2.45, 2.75) is 13.8 Å². The number of nitrogens with zero attached hydrogens (tertiary/aromatic N) is 3. The van der Waals surface area contributed by atoms with Gasteiger partial charge in [-0.2, -0.15) is 0 Å². The Bertz CT molecular complexity index is 1320. The van der Waals surface area contributed by atoms with Crippen molar-refractivity contribution in [2.75, 3.05) is 0 Å². The van der Waals surface area contributed by atoms with Gasteiger partial charge in [-0.3, -0.25) is 9.55 Å². The summed E-state index contributed by atoms with van der Waals surface area (Å²) in [7, 11) is 0. The van der Waals surface area contributed by atoms with Gasteiger partial charge in [0.05, 0.1) is 17.2 Å². The zero-order chi connectivity index (χ0) is 19.3. The van der Waals surface area contributed by atoms with Gasteiger partial charge in [0, 0.05) is 11.1 Å². The Morgan fingerprint density at radius 3 is 2.25 bits per heavy atom. The smallest absolute Gasteiger partial charge is 0.123 e. The highest BCUT2D eigenvalue weighted by Gasteiger charge is 2.14. The van der Waals surface area contributed by atoms with Crippen LogP contribution in [0.15, 0.2) is 72.9 Å². The molecule has 0 aliphatic heterocycles. The third kappa shape index (κ3) is 2.65. The molecule has 0 aliphatic rings. The maximum atomic E-state index is 13.4. The van der Waals surface area contributed by atoms with Crippen molar-refractivity contribution in [1.29, 1.82) is 0 Å². The summed E-state index contributed by atoms with van der Waals surface area (Å²) in [5, 5.41) is 1.03. The van der Waals surface area contributed by atoms with Crippen LogP contribution in [0.2, 0.25) is 0 Å². The molecular formula is C24H18FN3. The minimum absolute atomic E-state index is 0.251. The largest absolute Gasteiger partial charge is 0.296 e. The van der Waals surface area contributed by atoms with E-state index in [0.29, 0.717) is 0 Å². The SMILES string of the molecule is Cc1ccc(-c2ccc3ncc4nc(C)n(-c5ccc(F)cc5)c4c3c2)cc1. The summed E-state index contributed by atoms with van der Waals surface area (Å²) in [4.78, 5) is 9.27. The van der Waals surface area contributed by atoms with E-state index in [4.69, 9.17) is 0 Å². The molecule has 0 saturated heterocycles. The summed E-state index contributed by atoms with van der Waals surface area (Å²) in [5.41, 5.74) is 7.14. The number of hydrogen-bond donors (Lipinski definition) is 0. The highest BCUT2D eigenvalue weighted by Crippen LogP contribution is 2.31. The average Bonchev–Trinajstić information content (AvgIpc) is 3.05. The van der Waals surface area contributed by atoms with Crippen molar-refractivity contribution in [3.05, 3.63) is 90.1 Å². The molecule has 3 nitrogen and oxygen atoms in total. The van der Waals surface area contributed by atoms with Gasteiger partial charge in [-0.15, -0.1) is 0 Å². The molecule has 0 radical (unpaired) electrons. The molecule has 5 aromatic rings. The van der Waals surface area contributed by atoms with E-state index in [9.17, 15) is 4.39 Å². The standard InChI is InChI=1S/C24H18FN3/c1-15-3-5-17(6-4-15)18-7-12-22-21(13-18)24-23(14-26-22)27-16(2)28(24)20-10-8-19(25)9-11-20/h3-14H,1-2H3. The van der Waals surface area contributed by atoms with E-state index in [1.54, 1.807) is 18.3 Å². The topological polar surface area (TPSA) is 30.7 Å². The molecule has 0 saturated carbocycles. The van der Waals surface area contributed by atoms with Gasteiger partial charge in [-0.1, -0.05) is 35.9 Å². The molecule has 136 valence electrons. The lowest BCUT2D eigenvalue weighted by Gasteiger charge is -2.10. The number of imidazole rings is 1. The Labute approximate surface area is 162 Å². The minimum Gasteiger partial charge on any atom is -0.296 e. The Balaban J connectivity index is 1.81. The molecule has 0 unspecified atom stereocenters. The van der Waals surface area contributed by atoms with Crippen molar-refractivity contribution >= 4 is 21.9 Å². The van der Waals surface area contributed by atoms with Crippen molar-refractivity contribution < 1.29 is 4.39 Å². The predicted molar refractivity (Wildman–Crippen MR) is 111 cm³/mol. The van der Waals surface area contributed by atoms with Crippen LogP contribution >= 0.6 is 0 Å². The Morgan fingerprint density at radius 1 is 0.786 bits per heavy atom. The first-order chi connectivity index (χ1) is 13.6. The van der Waals surface area contributed by atoms with E-state index >= 15 is 0 Å². The number of pyridine rings is 1. The molecule has 2 heterocycles. The second-order valence-corrected chi connectivity index (χ2v) is 7.06. The van der Waals surface area contributed by atoms with Crippen LogP contribution in [0.4, 0.5) is 4.39 Å². The Kier molecular flexibility index (Phi) is 3.72. The van der Waals surface area contributed by atoms with Crippen molar-refractivity contribution in [3.63, 3.8) is 0 Å². The van der Waals surface area contributed by atoms with E-state index in [0.717, 1.165) is 44.6 Å². The fraction of sp³-hybridized carbons (Fsp3) is 0.0833. The maximum absolute atomic E-state index is 13.4. The average molecular weight is 367 g/mol. The second-order valence-electron chi connectivity index (χ2n) is 7.06. The van der Waals surface area contributed by atoms with Crippen LogP contribution in [-0.2, 0) is 0 Å². The summed E-state index contributed by atoms with van der Waals surface area (Å²) in [5.74, 6) is 0.593. The van der Waals surface area contributed by atoms with Gasteiger partial charge >= 0.3 is 0 Å². The number of fused-ring (bicyclic) bond motifs is 3. The van der Waals surface area contributed by atoms with Gasteiger partial charge in [0.25, 0.3) is 0 Å². The monoisotopic (exact) mass is 367 g/mol. The lowest BCUT2D eigenvalue weighted by Crippen LogP contribution is -1.97. The molecule has 0 bridgehead atoms. The number of benzene rings is 3. The highest BCUT2D eigenvalue weighted by atomic mass is 19.1. The van der Waals surface area contributed by atoms with Gasteiger partial charge in [-0.25, -0.2) is 9.37 Å². The molecule has 0 spiro atoms. The quantitative estimate of drug-likeness (QED) is 0.383.